The Morgan fingerprint density at radius 1 is 0.960 bits per heavy atom. The lowest BCUT2D eigenvalue weighted by Gasteiger charge is -2.30. The molecule has 0 spiro atoms. The van der Waals surface area contributed by atoms with Gasteiger partial charge in [0, 0.05) is 36.0 Å². The number of piperazine rings is 1. The van der Waals surface area contributed by atoms with Crippen LogP contribution in [-0.2, 0) is 0 Å². The molecule has 1 fully saturated rings. The number of fused-ring (bicyclic) bond motifs is 1. The summed E-state index contributed by atoms with van der Waals surface area (Å²) >= 11 is 1.82. The van der Waals surface area contributed by atoms with Crippen molar-refractivity contribution in [1.82, 2.24) is 5.32 Å². The fraction of sp³-hybridized carbons (Fsp3) is 0.238. The highest BCUT2D eigenvalue weighted by molar-refractivity contribution is 7.99. The maximum Gasteiger partial charge on any atom is 0.142 e. The van der Waals surface area contributed by atoms with E-state index in [1.165, 1.54) is 26.3 Å². The van der Waals surface area contributed by atoms with Crippen molar-refractivity contribution < 1.29 is 4.74 Å². The molecule has 0 aromatic heterocycles. The zero-order chi connectivity index (χ0) is 17.1. The van der Waals surface area contributed by atoms with Gasteiger partial charge in [0.05, 0.1) is 12.8 Å². The summed E-state index contributed by atoms with van der Waals surface area (Å²) in [5.41, 5.74) is 1.19. The van der Waals surface area contributed by atoms with Crippen molar-refractivity contribution >= 4 is 28.2 Å². The lowest BCUT2D eigenvalue weighted by molar-refractivity contribution is 0.412. The highest BCUT2D eigenvalue weighted by atomic mass is 32.2. The molecule has 4 rings (SSSR count). The van der Waals surface area contributed by atoms with E-state index in [2.05, 4.69) is 70.9 Å². The number of benzene rings is 3. The fourth-order valence-electron chi connectivity index (χ4n) is 3.30. The van der Waals surface area contributed by atoms with Crippen LogP contribution in [0.3, 0.4) is 0 Å². The van der Waals surface area contributed by atoms with Gasteiger partial charge in [-0.3, -0.25) is 0 Å². The molecule has 0 atom stereocenters. The Morgan fingerprint density at radius 2 is 1.76 bits per heavy atom. The first kappa shape index (κ1) is 16.3. The van der Waals surface area contributed by atoms with E-state index in [0.29, 0.717) is 0 Å². The maximum absolute atomic E-state index is 5.60. The maximum atomic E-state index is 5.60. The molecule has 0 unspecified atom stereocenters. The van der Waals surface area contributed by atoms with Crippen LogP contribution >= 0.6 is 11.8 Å². The predicted molar refractivity (Wildman–Crippen MR) is 106 cm³/mol. The van der Waals surface area contributed by atoms with Crippen molar-refractivity contribution in [1.29, 1.82) is 0 Å². The molecular formula is C21H22N2OS. The predicted octanol–water partition coefficient (Wildman–Crippen LogP) is 4.41. The Morgan fingerprint density at radius 3 is 2.60 bits per heavy atom. The second-order valence-electron chi connectivity index (χ2n) is 6.15. The van der Waals surface area contributed by atoms with Gasteiger partial charge in [0.2, 0.25) is 0 Å². The van der Waals surface area contributed by atoms with Crippen LogP contribution < -0.4 is 15.0 Å². The highest BCUT2D eigenvalue weighted by Gasteiger charge is 2.16. The molecule has 0 aliphatic carbocycles. The average Bonchev–Trinajstić information content (AvgIpc) is 2.69. The summed E-state index contributed by atoms with van der Waals surface area (Å²) in [5.74, 6) is 0.948. The molecule has 0 amide bonds. The van der Waals surface area contributed by atoms with E-state index in [9.17, 15) is 0 Å². The first-order valence-corrected chi connectivity index (χ1v) is 9.46. The van der Waals surface area contributed by atoms with E-state index in [1.807, 2.05) is 11.8 Å². The van der Waals surface area contributed by atoms with E-state index in [1.54, 1.807) is 7.11 Å². The number of rotatable bonds is 4. The zero-order valence-electron chi connectivity index (χ0n) is 14.4. The third-order valence-corrected chi connectivity index (χ3v) is 5.65. The van der Waals surface area contributed by atoms with Crippen LogP contribution in [0.25, 0.3) is 10.8 Å². The van der Waals surface area contributed by atoms with Crippen LogP contribution in [0.5, 0.6) is 5.75 Å². The normalized spacial score (nSPS) is 14.7. The second-order valence-corrected chi connectivity index (χ2v) is 7.27. The monoisotopic (exact) mass is 350 g/mol. The van der Waals surface area contributed by atoms with Crippen molar-refractivity contribution in [2.45, 2.75) is 9.79 Å². The third kappa shape index (κ3) is 3.46. The summed E-state index contributed by atoms with van der Waals surface area (Å²) in [6, 6.07) is 21.5. The quantitative estimate of drug-likeness (QED) is 0.753. The van der Waals surface area contributed by atoms with Gasteiger partial charge in [-0.05, 0) is 35.0 Å². The fourth-order valence-corrected chi connectivity index (χ4v) is 4.30. The lowest BCUT2D eigenvalue weighted by Crippen LogP contribution is -2.43. The minimum absolute atomic E-state index is 0.948. The molecule has 4 heteroatoms. The first-order chi connectivity index (χ1) is 12.3. The molecule has 1 N–H and O–H groups in total. The molecule has 1 aliphatic heterocycles. The minimum Gasteiger partial charge on any atom is -0.495 e. The van der Waals surface area contributed by atoms with Gasteiger partial charge >= 0.3 is 0 Å². The van der Waals surface area contributed by atoms with Crippen LogP contribution in [0, 0.1) is 0 Å². The van der Waals surface area contributed by atoms with E-state index >= 15 is 0 Å². The standard InChI is InChI=1S/C21H22N2OS/c1-24-20-10-9-17(15-19(20)23-13-11-22-12-14-23)25-21-8-4-6-16-5-2-3-7-18(16)21/h2-10,15,22H,11-14H2,1H3. The van der Waals surface area contributed by atoms with Crippen molar-refractivity contribution in [2.24, 2.45) is 0 Å². The van der Waals surface area contributed by atoms with Gasteiger partial charge in [0.15, 0.2) is 0 Å². The third-order valence-electron chi connectivity index (χ3n) is 4.59. The van der Waals surface area contributed by atoms with Gasteiger partial charge in [-0.2, -0.15) is 0 Å². The van der Waals surface area contributed by atoms with Crippen molar-refractivity contribution in [3.63, 3.8) is 0 Å². The molecule has 0 bridgehead atoms. The Hall–Kier alpha value is -2.17. The Labute approximate surface area is 153 Å². The number of methoxy groups -OCH3 is 1. The number of anilines is 1. The minimum atomic E-state index is 0.948. The van der Waals surface area contributed by atoms with Crippen molar-refractivity contribution in [2.75, 3.05) is 38.2 Å². The summed E-state index contributed by atoms with van der Waals surface area (Å²) in [6.45, 7) is 4.06. The highest BCUT2D eigenvalue weighted by Crippen LogP contribution is 2.38. The van der Waals surface area contributed by atoms with Gasteiger partial charge in [-0.15, -0.1) is 0 Å². The molecule has 1 saturated heterocycles. The van der Waals surface area contributed by atoms with Crippen LogP contribution in [0.1, 0.15) is 0 Å². The Balaban J connectivity index is 1.68. The first-order valence-electron chi connectivity index (χ1n) is 8.64. The molecule has 3 nitrogen and oxygen atoms in total. The van der Waals surface area contributed by atoms with Crippen molar-refractivity contribution in [3.8, 4) is 5.75 Å². The molecule has 3 aromatic carbocycles. The van der Waals surface area contributed by atoms with Crippen LogP contribution in [-0.4, -0.2) is 33.3 Å². The van der Waals surface area contributed by atoms with Gasteiger partial charge in [0.25, 0.3) is 0 Å². The lowest BCUT2D eigenvalue weighted by atomic mass is 10.1. The number of hydrogen-bond acceptors (Lipinski definition) is 4. The molecule has 128 valence electrons. The van der Waals surface area contributed by atoms with E-state index in [-0.39, 0.29) is 0 Å². The van der Waals surface area contributed by atoms with E-state index < -0.39 is 0 Å². The van der Waals surface area contributed by atoms with E-state index in [4.69, 9.17) is 4.74 Å². The van der Waals surface area contributed by atoms with E-state index in [0.717, 1.165) is 31.9 Å². The summed E-state index contributed by atoms with van der Waals surface area (Å²) in [7, 11) is 1.75. The smallest absolute Gasteiger partial charge is 0.142 e. The van der Waals surface area contributed by atoms with Gasteiger partial charge in [0.1, 0.15) is 5.75 Å². The average molecular weight is 350 g/mol. The molecule has 1 heterocycles. The summed E-state index contributed by atoms with van der Waals surface area (Å²) in [5, 5.41) is 5.99. The number of ether oxygens (including phenoxy) is 1. The number of nitrogens with zero attached hydrogens (tertiary/aromatic N) is 1. The number of nitrogens with one attached hydrogen (secondary N) is 1. The summed E-state index contributed by atoms with van der Waals surface area (Å²) in [6.07, 6.45) is 0. The Bertz CT molecular complexity index is 869. The molecular weight excluding hydrogens is 328 g/mol. The zero-order valence-corrected chi connectivity index (χ0v) is 15.2. The molecule has 1 aliphatic rings. The SMILES string of the molecule is COc1ccc(Sc2cccc3ccccc23)cc1N1CCNCC1. The van der Waals surface area contributed by atoms with Crippen LogP contribution in [0.15, 0.2) is 70.5 Å². The van der Waals surface area contributed by atoms with Gasteiger partial charge in [-0.1, -0.05) is 48.2 Å². The molecule has 0 radical (unpaired) electrons. The largest absolute Gasteiger partial charge is 0.495 e. The number of hydrogen-bond donors (Lipinski definition) is 1. The Kier molecular flexibility index (Phi) is 4.81. The van der Waals surface area contributed by atoms with Gasteiger partial charge in [-0.25, -0.2) is 0 Å². The van der Waals surface area contributed by atoms with Crippen molar-refractivity contribution in [3.05, 3.63) is 60.7 Å². The van der Waals surface area contributed by atoms with Crippen LogP contribution in [0.2, 0.25) is 0 Å². The summed E-state index contributed by atoms with van der Waals surface area (Å²) < 4.78 is 5.60. The topological polar surface area (TPSA) is 24.5 Å². The molecule has 3 aromatic rings. The van der Waals surface area contributed by atoms with Crippen LogP contribution in [0.4, 0.5) is 5.69 Å². The second kappa shape index (κ2) is 7.38. The molecule has 0 saturated carbocycles. The molecule has 25 heavy (non-hydrogen) atoms. The summed E-state index contributed by atoms with van der Waals surface area (Å²) in [4.78, 5) is 4.93. The van der Waals surface area contributed by atoms with Gasteiger partial charge < -0.3 is 15.0 Å².